The number of carbonyl (C=O) groups is 2. The minimum atomic E-state index is -0.576. The lowest BCUT2D eigenvalue weighted by molar-refractivity contribution is -0.112. The number of hydrogen-bond donors (Lipinski definition) is 1. The van der Waals surface area contributed by atoms with Crippen LogP contribution >= 0.6 is 11.3 Å². The van der Waals surface area contributed by atoms with E-state index in [1.54, 1.807) is 32.2 Å². The molecule has 1 aliphatic rings. The van der Waals surface area contributed by atoms with Crippen LogP contribution in [0.4, 0.5) is 5.00 Å². The molecule has 35 heavy (non-hydrogen) atoms. The highest BCUT2D eigenvalue weighted by Crippen LogP contribution is 2.39. The Morgan fingerprint density at radius 2 is 2.00 bits per heavy atom. The molecule has 1 aromatic carbocycles. The van der Waals surface area contributed by atoms with Gasteiger partial charge in [0.1, 0.15) is 16.6 Å². The predicted molar refractivity (Wildman–Crippen MR) is 137 cm³/mol. The lowest BCUT2D eigenvalue weighted by atomic mass is 10.1. The minimum Gasteiger partial charge on any atom is -0.493 e. The van der Waals surface area contributed by atoms with Gasteiger partial charge < -0.3 is 19.5 Å². The van der Waals surface area contributed by atoms with Gasteiger partial charge in [-0.3, -0.25) is 4.79 Å². The summed E-state index contributed by atoms with van der Waals surface area (Å²) >= 11 is 1.38. The number of benzene rings is 1. The number of rotatable bonds is 12. The Morgan fingerprint density at radius 1 is 1.17 bits per heavy atom. The van der Waals surface area contributed by atoms with Gasteiger partial charge in [-0.05, 0) is 61.9 Å². The maximum absolute atomic E-state index is 13.0. The van der Waals surface area contributed by atoms with Gasteiger partial charge in [0, 0.05) is 4.88 Å². The maximum Gasteiger partial charge on any atom is 0.341 e. The van der Waals surface area contributed by atoms with Crippen LogP contribution in [0.1, 0.15) is 72.3 Å². The van der Waals surface area contributed by atoms with Crippen molar-refractivity contribution in [3.63, 3.8) is 0 Å². The molecule has 2 aromatic rings. The van der Waals surface area contributed by atoms with E-state index < -0.39 is 11.9 Å². The van der Waals surface area contributed by atoms with Gasteiger partial charge in [0.2, 0.25) is 0 Å². The van der Waals surface area contributed by atoms with E-state index in [0.717, 1.165) is 49.0 Å². The third kappa shape index (κ3) is 6.64. The zero-order valence-electron chi connectivity index (χ0n) is 20.6. The molecule has 1 heterocycles. The third-order valence-corrected chi connectivity index (χ3v) is 6.95. The summed E-state index contributed by atoms with van der Waals surface area (Å²) in [5, 5.41) is 12.9. The highest BCUT2D eigenvalue weighted by Gasteiger charge is 2.28. The van der Waals surface area contributed by atoms with Crippen molar-refractivity contribution in [3.8, 4) is 17.6 Å². The number of unbranched alkanes of at least 4 members (excludes halogenated alkanes) is 3. The van der Waals surface area contributed by atoms with E-state index in [-0.39, 0.29) is 12.2 Å². The number of amides is 1. The number of ether oxygens (including phenoxy) is 3. The Hall–Kier alpha value is -3.31. The lowest BCUT2D eigenvalue weighted by Gasteiger charge is -2.11. The van der Waals surface area contributed by atoms with E-state index in [2.05, 4.69) is 12.2 Å². The molecule has 7 nitrogen and oxygen atoms in total. The van der Waals surface area contributed by atoms with Crippen molar-refractivity contribution in [3.05, 3.63) is 45.3 Å². The second-order valence-electron chi connectivity index (χ2n) is 8.23. The van der Waals surface area contributed by atoms with Crippen molar-refractivity contribution in [1.82, 2.24) is 0 Å². The minimum absolute atomic E-state index is 0.0799. The van der Waals surface area contributed by atoms with Gasteiger partial charge in [-0.15, -0.1) is 11.3 Å². The number of nitrogens with one attached hydrogen (secondary N) is 1. The fourth-order valence-corrected chi connectivity index (χ4v) is 5.27. The number of anilines is 1. The number of esters is 1. The molecule has 1 aromatic heterocycles. The molecule has 0 radical (unpaired) electrons. The molecule has 0 atom stereocenters. The van der Waals surface area contributed by atoms with Gasteiger partial charge in [0.05, 0.1) is 25.9 Å². The maximum atomic E-state index is 13.0. The van der Waals surface area contributed by atoms with Crippen molar-refractivity contribution in [2.75, 3.05) is 25.6 Å². The van der Waals surface area contributed by atoms with Crippen molar-refractivity contribution < 1.29 is 23.8 Å². The molecular formula is C27H32N2O5S. The number of hydrogen-bond acceptors (Lipinski definition) is 7. The molecule has 1 amide bonds. The molecule has 186 valence electrons. The standard InChI is InChI=1S/C27H32N2O5S/c1-4-6-7-8-14-34-21-13-12-18(16-22(21)32-3)15-19(17-28)25(30)29-26-24(27(31)33-5-2)20-10-9-11-23(20)35-26/h12-13,15-16H,4-11,14H2,1-3H3,(H,29,30)/b19-15+. The fourth-order valence-electron chi connectivity index (χ4n) is 4.00. The van der Waals surface area contributed by atoms with Crippen molar-refractivity contribution in [2.45, 2.75) is 58.8 Å². The van der Waals surface area contributed by atoms with E-state index >= 15 is 0 Å². The molecule has 0 aliphatic heterocycles. The molecule has 3 rings (SSSR count). The Labute approximate surface area is 210 Å². The molecule has 1 aliphatic carbocycles. The van der Waals surface area contributed by atoms with Crippen LogP contribution in [0.3, 0.4) is 0 Å². The number of thiophene rings is 1. The molecule has 0 spiro atoms. The first-order chi connectivity index (χ1) is 17.0. The molecule has 8 heteroatoms. The van der Waals surface area contributed by atoms with E-state index in [9.17, 15) is 14.9 Å². The third-order valence-electron chi connectivity index (χ3n) is 5.75. The summed E-state index contributed by atoms with van der Waals surface area (Å²) in [6, 6.07) is 7.25. The molecular weight excluding hydrogens is 464 g/mol. The summed E-state index contributed by atoms with van der Waals surface area (Å²) in [6.07, 6.45) is 8.55. The summed E-state index contributed by atoms with van der Waals surface area (Å²) in [4.78, 5) is 26.6. The van der Waals surface area contributed by atoms with Gasteiger partial charge in [0.15, 0.2) is 11.5 Å². The van der Waals surface area contributed by atoms with Gasteiger partial charge in [-0.25, -0.2) is 4.79 Å². The van der Waals surface area contributed by atoms with Crippen LogP contribution < -0.4 is 14.8 Å². The SMILES string of the molecule is CCCCCCOc1ccc(/C=C(\C#N)C(=O)Nc2sc3c(c2C(=O)OCC)CCC3)cc1OC. The lowest BCUT2D eigenvalue weighted by Crippen LogP contribution is -2.16. The molecule has 1 N–H and O–H groups in total. The van der Waals surface area contributed by atoms with Crippen LogP contribution in [0.15, 0.2) is 23.8 Å². The van der Waals surface area contributed by atoms with Crippen LogP contribution in [0.5, 0.6) is 11.5 Å². The van der Waals surface area contributed by atoms with Crippen molar-refractivity contribution in [2.24, 2.45) is 0 Å². The Balaban J connectivity index is 1.76. The average molecular weight is 497 g/mol. The summed E-state index contributed by atoms with van der Waals surface area (Å²) < 4.78 is 16.5. The highest BCUT2D eigenvalue weighted by molar-refractivity contribution is 7.17. The zero-order valence-corrected chi connectivity index (χ0v) is 21.4. The van der Waals surface area contributed by atoms with Crippen molar-refractivity contribution >= 4 is 34.3 Å². The van der Waals surface area contributed by atoms with Crippen LogP contribution in [0.25, 0.3) is 6.08 Å². The Bertz CT molecular complexity index is 1130. The number of aryl methyl sites for hydroxylation is 1. The summed E-state index contributed by atoms with van der Waals surface area (Å²) in [7, 11) is 1.55. The van der Waals surface area contributed by atoms with Crippen LogP contribution in [0, 0.1) is 11.3 Å². The first-order valence-corrected chi connectivity index (χ1v) is 12.9. The van der Waals surface area contributed by atoms with Crippen LogP contribution in [-0.4, -0.2) is 32.2 Å². The van der Waals surface area contributed by atoms with E-state index in [4.69, 9.17) is 14.2 Å². The summed E-state index contributed by atoms with van der Waals surface area (Å²) in [5.74, 6) is 0.135. The average Bonchev–Trinajstić information content (AvgIpc) is 3.43. The fraction of sp³-hybridized carbons (Fsp3) is 0.444. The predicted octanol–water partition coefficient (Wildman–Crippen LogP) is 5.93. The van der Waals surface area contributed by atoms with E-state index in [1.165, 1.54) is 23.8 Å². The van der Waals surface area contributed by atoms with E-state index in [1.807, 2.05) is 6.07 Å². The molecule has 0 fully saturated rings. The normalized spacial score (nSPS) is 12.6. The Morgan fingerprint density at radius 3 is 2.71 bits per heavy atom. The summed E-state index contributed by atoms with van der Waals surface area (Å²) in [6.45, 7) is 4.76. The topological polar surface area (TPSA) is 97.7 Å². The number of nitriles is 1. The quantitative estimate of drug-likeness (QED) is 0.169. The van der Waals surface area contributed by atoms with Crippen LogP contribution in [0.2, 0.25) is 0 Å². The number of carbonyl (C=O) groups excluding carboxylic acids is 2. The molecule has 0 unspecified atom stereocenters. The first kappa shape index (κ1) is 26.3. The Kier molecular flexibility index (Phi) is 9.74. The van der Waals surface area contributed by atoms with Gasteiger partial charge >= 0.3 is 5.97 Å². The monoisotopic (exact) mass is 496 g/mol. The van der Waals surface area contributed by atoms with Gasteiger partial charge in [0.25, 0.3) is 5.91 Å². The van der Waals surface area contributed by atoms with Crippen molar-refractivity contribution in [1.29, 1.82) is 5.26 Å². The molecule has 0 saturated heterocycles. The molecule has 0 saturated carbocycles. The molecule has 0 bridgehead atoms. The number of nitrogens with zero attached hydrogens (tertiary/aromatic N) is 1. The van der Waals surface area contributed by atoms with Crippen LogP contribution in [-0.2, 0) is 22.4 Å². The highest BCUT2D eigenvalue weighted by atomic mass is 32.1. The second kappa shape index (κ2) is 13.0. The zero-order chi connectivity index (χ0) is 25.2. The second-order valence-corrected chi connectivity index (χ2v) is 9.33. The number of fused-ring (bicyclic) bond motifs is 1. The van der Waals surface area contributed by atoms with Gasteiger partial charge in [-0.1, -0.05) is 32.3 Å². The first-order valence-electron chi connectivity index (χ1n) is 12.1. The summed E-state index contributed by atoms with van der Waals surface area (Å²) in [5.41, 5.74) is 1.91. The van der Waals surface area contributed by atoms with Gasteiger partial charge in [-0.2, -0.15) is 5.26 Å². The number of methoxy groups -OCH3 is 1. The largest absolute Gasteiger partial charge is 0.493 e. The van der Waals surface area contributed by atoms with E-state index in [0.29, 0.717) is 34.2 Å². The smallest absolute Gasteiger partial charge is 0.341 e.